The summed E-state index contributed by atoms with van der Waals surface area (Å²) in [5.74, 6) is 1.04. The van der Waals surface area contributed by atoms with Crippen LogP contribution in [0.2, 0.25) is 0 Å². The molecule has 0 radical (unpaired) electrons. The number of para-hydroxylation sites is 1. The van der Waals surface area contributed by atoms with Crippen LogP contribution >= 0.6 is 0 Å². The van der Waals surface area contributed by atoms with Crippen molar-refractivity contribution in [3.8, 4) is 5.75 Å². The SMILES string of the molecule is CC[C@@H](C)NCc1cccc(C)c1OC(C)C. The van der Waals surface area contributed by atoms with Gasteiger partial charge in [-0.3, -0.25) is 0 Å². The van der Waals surface area contributed by atoms with E-state index >= 15 is 0 Å². The van der Waals surface area contributed by atoms with Crippen molar-refractivity contribution in [3.05, 3.63) is 29.3 Å². The lowest BCUT2D eigenvalue weighted by molar-refractivity contribution is 0.237. The molecule has 0 spiro atoms. The van der Waals surface area contributed by atoms with Gasteiger partial charge in [0.2, 0.25) is 0 Å². The maximum absolute atomic E-state index is 5.90. The lowest BCUT2D eigenvalue weighted by Gasteiger charge is -2.18. The van der Waals surface area contributed by atoms with Crippen LogP contribution in [0, 0.1) is 6.92 Å². The molecule has 0 aliphatic carbocycles. The van der Waals surface area contributed by atoms with E-state index in [1.54, 1.807) is 0 Å². The minimum Gasteiger partial charge on any atom is -0.490 e. The molecule has 1 aromatic rings. The Morgan fingerprint density at radius 1 is 1.24 bits per heavy atom. The van der Waals surface area contributed by atoms with Crippen molar-refractivity contribution in [1.82, 2.24) is 5.32 Å². The minimum atomic E-state index is 0.221. The van der Waals surface area contributed by atoms with Crippen LogP contribution in [-0.4, -0.2) is 12.1 Å². The first-order chi connectivity index (χ1) is 8.04. The summed E-state index contributed by atoms with van der Waals surface area (Å²) in [5, 5.41) is 3.51. The van der Waals surface area contributed by atoms with E-state index in [-0.39, 0.29) is 6.10 Å². The molecular formula is C15H25NO. The number of ether oxygens (including phenoxy) is 1. The van der Waals surface area contributed by atoms with Crippen molar-refractivity contribution in [1.29, 1.82) is 0 Å². The Morgan fingerprint density at radius 3 is 2.53 bits per heavy atom. The Morgan fingerprint density at radius 2 is 1.94 bits per heavy atom. The molecule has 0 saturated heterocycles. The third kappa shape index (κ3) is 4.39. The molecule has 0 unspecified atom stereocenters. The van der Waals surface area contributed by atoms with Crippen LogP contribution in [0.5, 0.6) is 5.75 Å². The van der Waals surface area contributed by atoms with E-state index in [0.717, 1.165) is 18.7 Å². The monoisotopic (exact) mass is 235 g/mol. The molecule has 1 aromatic carbocycles. The zero-order chi connectivity index (χ0) is 12.8. The van der Waals surface area contributed by atoms with Crippen LogP contribution in [0.4, 0.5) is 0 Å². The van der Waals surface area contributed by atoms with Gasteiger partial charge in [-0.05, 0) is 39.7 Å². The Labute approximate surface area is 105 Å². The average molecular weight is 235 g/mol. The second-order valence-corrected chi connectivity index (χ2v) is 4.92. The van der Waals surface area contributed by atoms with E-state index < -0.39 is 0 Å². The summed E-state index contributed by atoms with van der Waals surface area (Å²) in [4.78, 5) is 0. The molecule has 96 valence electrons. The molecule has 0 amide bonds. The Bertz CT molecular complexity index is 347. The molecule has 0 aromatic heterocycles. The highest BCUT2D eigenvalue weighted by Crippen LogP contribution is 2.24. The van der Waals surface area contributed by atoms with Crippen molar-refractivity contribution < 1.29 is 4.74 Å². The summed E-state index contributed by atoms with van der Waals surface area (Å²) in [6.07, 6.45) is 1.37. The fourth-order valence-corrected chi connectivity index (χ4v) is 1.69. The van der Waals surface area contributed by atoms with E-state index in [4.69, 9.17) is 4.74 Å². The molecule has 1 N–H and O–H groups in total. The largest absolute Gasteiger partial charge is 0.490 e. The predicted molar refractivity (Wildman–Crippen MR) is 73.5 cm³/mol. The van der Waals surface area contributed by atoms with E-state index in [1.807, 2.05) is 0 Å². The predicted octanol–water partition coefficient (Wildman–Crippen LogP) is 3.67. The van der Waals surface area contributed by atoms with Crippen molar-refractivity contribution >= 4 is 0 Å². The van der Waals surface area contributed by atoms with Crippen molar-refractivity contribution in [3.63, 3.8) is 0 Å². The van der Waals surface area contributed by atoms with Gasteiger partial charge in [-0.15, -0.1) is 0 Å². The molecule has 1 rings (SSSR count). The summed E-state index contributed by atoms with van der Waals surface area (Å²) < 4.78 is 5.90. The van der Waals surface area contributed by atoms with E-state index in [1.165, 1.54) is 11.1 Å². The summed E-state index contributed by atoms with van der Waals surface area (Å²) in [6, 6.07) is 6.88. The molecule has 2 heteroatoms. The fraction of sp³-hybridized carbons (Fsp3) is 0.600. The molecular weight excluding hydrogens is 210 g/mol. The quantitative estimate of drug-likeness (QED) is 0.812. The molecule has 0 heterocycles. The number of aryl methyl sites for hydroxylation is 1. The van der Waals surface area contributed by atoms with Crippen molar-refractivity contribution in [2.45, 2.75) is 59.7 Å². The van der Waals surface area contributed by atoms with Crippen molar-refractivity contribution in [2.24, 2.45) is 0 Å². The number of hydrogen-bond acceptors (Lipinski definition) is 2. The number of hydrogen-bond donors (Lipinski definition) is 1. The van der Waals surface area contributed by atoms with Gasteiger partial charge in [0, 0.05) is 18.2 Å². The highest BCUT2D eigenvalue weighted by molar-refractivity contribution is 5.40. The normalized spacial score (nSPS) is 12.8. The molecule has 17 heavy (non-hydrogen) atoms. The van der Waals surface area contributed by atoms with E-state index in [9.17, 15) is 0 Å². The van der Waals surface area contributed by atoms with Gasteiger partial charge < -0.3 is 10.1 Å². The topological polar surface area (TPSA) is 21.3 Å². The zero-order valence-electron chi connectivity index (χ0n) is 11.7. The van der Waals surface area contributed by atoms with Crippen LogP contribution in [-0.2, 0) is 6.54 Å². The van der Waals surface area contributed by atoms with Gasteiger partial charge in [0.15, 0.2) is 0 Å². The van der Waals surface area contributed by atoms with Gasteiger partial charge in [-0.25, -0.2) is 0 Å². The highest BCUT2D eigenvalue weighted by Gasteiger charge is 2.09. The van der Waals surface area contributed by atoms with Crippen LogP contribution in [0.15, 0.2) is 18.2 Å². The maximum atomic E-state index is 5.90. The smallest absolute Gasteiger partial charge is 0.127 e. The third-order valence-corrected chi connectivity index (χ3v) is 2.90. The van der Waals surface area contributed by atoms with Gasteiger partial charge in [0.05, 0.1) is 6.10 Å². The standard InChI is InChI=1S/C15H25NO/c1-6-13(5)16-10-14-9-7-8-12(4)15(14)17-11(2)3/h7-9,11,13,16H,6,10H2,1-5H3/t13-/m1/s1. The molecule has 0 fully saturated rings. The lowest BCUT2D eigenvalue weighted by atomic mass is 10.1. The summed E-state index contributed by atoms with van der Waals surface area (Å²) in [7, 11) is 0. The van der Waals surface area contributed by atoms with Crippen LogP contribution < -0.4 is 10.1 Å². The van der Waals surface area contributed by atoms with Crippen LogP contribution in [0.3, 0.4) is 0 Å². The number of nitrogens with one attached hydrogen (secondary N) is 1. The van der Waals surface area contributed by atoms with Gasteiger partial charge in [-0.1, -0.05) is 25.1 Å². The van der Waals surface area contributed by atoms with Gasteiger partial charge in [-0.2, -0.15) is 0 Å². The second kappa shape index (κ2) is 6.65. The van der Waals surface area contributed by atoms with Crippen LogP contribution in [0.25, 0.3) is 0 Å². The first kappa shape index (κ1) is 14.0. The van der Waals surface area contributed by atoms with Crippen molar-refractivity contribution in [2.75, 3.05) is 0 Å². The van der Waals surface area contributed by atoms with Gasteiger partial charge in [0.25, 0.3) is 0 Å². The Balaban J connectivity index is 2.79. The summed E-state index contributed by atoms with van der Waals surface area (Å²) >= 11 is 0. The Kier molecular flexibility index (Phi) is 5.49. The maximum Gasteiger partial charge on any atom is 0.127 e. The average Bonchev–Trinajstić information content (AvgIpc) is 2.29. The van der Waals surface area contributed by atoms with Gasteiger partial charge >= 0.3 is 0 Å². The zero-order valence-corrected chi connectivity index (χ0v) is 11.7. The first-order valence-electron chi connectivity index (χ1n) is 6.53. The third-order valence-electron chi connectivity index (χ3n) is 2.90. The van der Waals surface area contributed by atoms with Crippen LogP contribution in [0.1, 0.15) is 45.2 Å². The molecule has 0 saturated carbocycles. The van der Waals surface area contributed by atoms with E-state index in [2.05, 4.69) is 58.1 Å². The molecule has 2 nitrogen and oxygen atoms in total. The molecule has 0 aliphatic rings. The van der Waals surface area contributed by atoms with Gasteiger partial charge in [0.1, 0.15) is 5.75 Å². The fourth-order valence-electron chi connectivity index (χ4n) is 1.69. The minimum absolute atomic E-state index is 0.221. The highest BCUT2D eigenvalue weighted by atomic mass is 16.5. The number of rotatable bonds is 6. The summed E-state index contributed by atoms with van der Waals surface area (Å²) in [5.41, 5.74) is 2.46. The summed E-state index contributed by atoms with van der Waals surface area (Å²) in [6.45, 7) is 11.5. The Hall–Kier alpha value is -1.02. The second-order valence-electron chi connectivity index (χ2n) is 4.92. The molecule has 0 bridgehead atoms. The lowest BCUT2D eigenvalue weighted by Crippen LogP contribution is -2.25. The molecule has 0 aliphatic heterocycles. The first-order valence-corrected chi connectivity index (χ1v) is 6.53. The number of benzene rings is 1. The van der Waals surface area contributed by atoms with E-state index in [0.29, 0.717) is 6.04 Å². The molecule has 1 atom stereocenters.